The van der Waals surface area contributed by atoms with Gasteiger partial charge in [-0.05, 0) is 61.2 Å². The van der Waals surface area contributed by atoms with Crippen LogP contribution in [0.1, 0.15) is 30.3 Å². The smallest absolute Gasteiger partial charge is 0.272 e. The summed E-state index contributed by atoms with van der Waals surface area (Å²) in [5.41, 5.74) is 2.47. The molecule has 1 amide bonds. The molecular weight excluding hydrogens is 404 g/mol. The molecule has 1 aromatic heterocycles. The Morgan fingerprint density at radius 3 is 2.33 bits per heavy atom. The van der Waals surface area contributed by atoms with Crippen LogP contribution >= 0.6 is 11.6 Å². The summed E-state index contributed by atoms with van der Waals surface area (Å²) in [7, 11) is 0. The number of carbonyl (C=O) groups is 1. The molecule has 1 fully saturated rings. The van der Waals surface area contributed by atoms with E-state index < -0.39 is 4.92 Å². The first kappa shape index (κ1) is 20.1. The van der Waals surface area contributed by atoms with Crippen LogP contribution < -0.4 is 0 Å². The zero-order chi connectivity index (χ0) is 21.3. The van der Waals surface area contributed by atoms with Gasteiger partial charge in [0.25, 0.3) is 11.6 Å². The zero-order valence-corrected chi connectivity index (χ0v) is 17.2. The van der Waals surface area contributed by atoms with Gasteiger partial charge in [-0.2, -0.15) is 5.10 Å². The first-order valence-electron chi connectivity index (χ1n) is 9.82. The number of aromatic nitrogens is 2. The predicted octanol–water partition coefficient (Wildman–Crippen LogP) is 4.97. The van der Waals surface area contributed by atoms with E-state index in [1.165, 1.54) is 12.1 Å². The van der Waals surface area contributed by atoms with E-state index in [-0.39, 0.29) is 11.6 Å². The fourth-order valence-electron chi connectivity index (χ4n) is 3.58. The molecule has 1 saturated heterocycles. The molecule has 0 aliphatic carbocycles. The molecule has 0 bridgehead atoms. The van der Waals surface area contributed by atoms with Crippen molar-refractivity contribution in [3.63, 3.8) is 0 Å². The summed E-state index contributed by atoms with van der Waals surface area (Å²) >= 11 is 6.02. The standard InChI is InChI=1S/C22H21ClN4O3/c1-15-10-12-25(13-11-15)22(28)21-14-20(16-2-6-19(7-3-16)27(29)30)24-26(21)18-8-4-17(23)5-9-18/h2-9,14-15H,10-13H2,1H3. The van der Waals surface area contributed by atoms with Crippen molar-refractivity contribution in [3.8, 4) is 16.9 Å². The van der Waals surface area contributed by atoms with E-state index in [0.29, 0.717) is 27.9 Å². The van der Waals surface area contributed by atoms with Crippen LogP contribution in [0.25, 0.3) is 16.9 Å². The largest absolute Gasteiger partial charge is 0.337 e. The maximum Gasteiger partial charge on any atom is 0.272 e. The number of rotatable bonds is 4. The highest BCUT2D eigenvalue weighted by Crippen LogP contribution is 2.26. The fraction of sp³-hybridized carbons (Fsp3) is 0.273. The molecule has 0 N–H and O–H groups in total. The minimum Gasteiger partial charge on any atom is -0.337 e. The van der Waals surface area contributed by atoms with Gasteiger partial charge in [0, 0.05) is 35.8 Å². The number of benzene rings is 2. The Kier molecular flexibility index (Phi) is 5.55. The number of hydrogen-bond acceptors (Lipinski definition) is 4. The number of non-ortho nitro benzene ring substituents is 1. The fourth-order valence-corrected chi connectivity index (χ4v) is 3.71. The third-order valence-corrected chi connectivity index (χ3v) is 5.70. The Hall–Kier alpha value is -3.19. The quantitative estimate of drug-likeness (QED) is 0.437. The minimum absolute atomic E-state index is 0.00891. The van der Waals surface area contributed by atoms with Crippen molar-refractivity contribution < 1.29 is 9.72 Å². The highest BCUT2D eigenvalue weighted by molar-refractivity contribution is 6.30. The third-order valence-electron chi connectivity index (χ3n) is 5.44. The van der Waals surface area contributed by atoms with Crippen molar-refractivity contribution in [2.45, 2.75) is 19.8 Å². The van der Waals surface area contributed by atoms with Gasteiger partial charge in [0.2, 0.25) is 0 Å². The van der Waals surface area contributed by atoms with Crippen LogP contribution in [0.4, 0.5) is 5.69 Å². The first-order chi connectivity index (χ1) is 14.4. The number of nitro benzene ring substituents is 1. The molecule has 0 unspecified atom stereocenters. The van der Waals surface area contributed by atoms with Gasteiger partial charge in [0.15, 0.2) is 0 Å². The molecule has 0 saturated carbocycles. The first-order valence-corrected chi connectivity index (χ1v) is 10.2. The monoisotopic (exact) mass is 424 g/mol. The van der Waals surface area contributed by atoms with Gasteiger partial charge in [-0.1, -0.05) is 18.5 Å². The lowest BCUT2D eigenvalue weighted by Gasteiger charge is -2.30. The van der Waals surface area contributed by atoms with Gasteiger partial charge in [-0.3, -0.25) is 14.9 Å². The van der Waals surface area contributed by atoms with Crippen LogP contribution in [-0.4, -0.2) is 38.6 Å². The molecule has 0 spiro atoms. The number of amides is 1. The third kappa shape index (κ3) is 4.07. The van der Waals surface area contributed by atoms with E-state index >= 15 is 0 Å². The molecular formula is C22H21ClN4O3. The second kappa shape index (κ2) is 8.28. The number of carbonyl (C=O) groups excluding carboxylic acids is 1. The van der Waals surface area contributed by atoms with E-state index in [2.05, 4.69) is 12.0 Å². The van der Waals surface area contributed by atoms with Gasteiger partial charge in [-0.15, -0.1) is 0 Å². The maximum atomic E-state index is 13.3. The van der Waals surface area contributed by atoms with Crippen LogP contribution in [-0.2, 0) is 0 Å². The number of halogens is 1. The molecule has 0 atom stereocenters. The lowest BCUT2D eigenvalue weighted by atomic mass is 9.99. The van der Waals surface area contributed by atoms with Crippen molar-refractivity contribution >= 4 is 23.2 Å². The van der Waals surface area contributed by atoms with Crippen LogP contribution in [0.3, 0.4) is 0 Å². The normalized spacial score (nSPS) is 14.7. The molecule has 4 rings (SSSR count). The Labute approximate surface area is 179 Å². The summed E-state index contributed by atoms with van der Waals surface area (Å²) < 4.78 is 1.62. The molecule has 3 aromatic rings. The number of likely N-dealkylation sites (tertiary alicyclic amines) is 1. The summed E-state index contributed by atoms with van der Waals surface area (Å²) in [4.78, 5) is 25.7. The Morgan fingerprint density at radius 2 is 1.73 bits per heavy atom. The highest BCUT2D eigenvalue weighted by atomic mass is 35.5. The second-order valence-electron chi connectivity index (χ2n) is 7.58. The maximum absolute atomic E-state index is 13.3. The number of nitro groups is 1. The lowest BCUT2D eigenvalue weighted by Crippen LogP contribution is -2.38. The molecule has 7 nitrogen and oxygen atoms in total. The molecule has 0 radical (unpaired) electrons. The van der Waals surface area contributed by atoms with Crippen LogP contribution in [0, 0.1) is 16.0 Å². The average molecular weight is 425 g/mol. The van der Waals surface area contributed by atoms with Crippen molar-refractivity contribution in [3.05, 3.63) is 75.4 Å². The number of nitrogens with zero attached hydrogens (tertiary/aromatic N) is 4. The second-order valence-corrected chi connectivity index (χ2v) is 8.02. The molecule has 2 heterocycles. The Bertz CT molecular complexity index is 1070. The van der Waals surface area contributed by atoms with Crippen molar-refractivity contribution in [2.24, 2.45) is 5.92 Å². The topological polar surface area (TPSA) is 81.3 Å². The van der Waals surface area contributed by atoms with Crippen molar-refractivity contribution in [1.82, 2.24) is 14.7 Å². The highest BCUT2D eigenvalue weighted by Gasteiger charge is 2.26. The van der Waals surface area contributed by atoms with Crippen LogP contribution in [0.2, 0.25) is 5.02 Å². The van der Waals surface area contributed by atoms with E-state index in [1.807, 2.05) is 17.0 Å². The van der Waals surface area contributed by atoms with Crippen molar-refractivity contribution in [2.75, 3.05) is 13.1 Å². The van der Waals surface area contributed by atoms with Gasteiger partial charge in [-0.25, -0.2) is 4.68 Å². The van der Waals surface area contributed by atoms with E-state index in [0.717, 1.165) is 31.6 Å². The van der Waals surface area contributed by atoms with E-state index in [1.54, 1.807) is 35.0 Å². The summed E-state index contributed by atoms with van der Waals surface area (Å²) in [5, 5.41) is 16.2. The van der Waals surface area contributed by atoms with Crippen LogP contribution in [0.5, 0.6) is 0 Å². The Balaban J connectivity index is 1.74. The molecule has 1 aliphatic heterocycles. The molecule has 154 valence electrons. The summed E-state index contributed by atoms with van der Waals surface area (Å²) in [5.74, 6) is 0.545. The minimum atomic E-state index is -0.442. The van der Waals surface area contributed by atoms with Gasteiger partial charge in [0.1, 0.15) is 5.69 Å². The van der Waals surface area contributed by atoms with Crippen LogP contribution in [0.15, 0.2) is 54.6 Å². The number of piperidine rings is 1. The predicted molar refractivity (Wildman–Crippen MR) is 115 cm³/mol. The molecule has 1 aliphatic rings. The number of hydrogen-bond donors (Lipinski definition) is 0. The van der Waals surface area contributed by atoms with Gasteiger partial charge in [0.05, 0.1) is 16.3 Å². The SMILES string of the molecule is CC1CCN(C(=O)c2cc(-c3ccc([N+](=O)[O-])cc3)nn2-c2ccc(Cl)cc2)CC1. The zero-order valence-electron chi connectivity index (χ0n) is 16.5. The summed E-state index contributed by atoms with van der Waals surface area (Å²) in [6, 6.07) is 15.0. The molecule has 8 heteroatoms. The van der Waals surface area contributed by atoms with Crippen molar-refractivity contribution in [1.29, 1.82) is 0 Å². The lowest BCUT2D eigenvalue weighted by molar-refractivity contribution is -0.384. The van der Waals surface area contributed by atoms with Gasteiger partial charge >= 0.3 is 0 Å². The van der Waals surface area contributed by atoms with Gasteiger partial charge < -0.3 is 4.90 Å². The Morgan fingerprint density at radius 1 is 1.10 bits per heavy atom. The van der Waals surface area contributed by atoms with E-state index in [4.69, 9.17) is 11.6 Å². The van der Waals surface area contributed by atoms with E-state index in [9.17, 15) is 14.9 Å². The average Bonchev–Trinajstić information content (AvgIpc) is 3.20. The summed E-state index contributed by atoms with van der Waals surface area (Å²) in [6.45, 7) is 3.64. The summed E-state index contributed by atoms with van der Waals surface area (Å²) in [6.07, 6.45) is 1.96. The molecule has 2 aromatic carbocycles. The molecule has 30 heavy (non-hydrogen) atoms.